The van der Waals surface area contributed by atoms with Gasteiger partial charge in [-0.3, -0.25) is 4.79 Å². The van der Waals surface area contributed by atoms with Gasteiger partial charge in [0, 0.05) is 6.54 Å². The standard InChI is InChI=1S/C16H24N2O5/c1-10(18-16(19)12-9-23-6-5-17-12)11-7-13(20-2)15(22-4)14(8-11)21-3/h7-8,10,12,17H,5-6,9H2,1-4H3,(H,18,19). The fourth-order valence-electron chi connectivity index (χ4n) is 2.48. The van der Waals surface area contributed by atoms with Crippen molar-refractivity contribution in [3.8, 4) is 17.2 Å². The van der Waals surface area contributed by atoms with Gasteiger partial charge < -0.3 is 29.6 Å². The summed E-state index contributed by atoms with van der Waals surface area (Å²) in [6, 6.07) is 3.13. The summed E-state index contributed by atoms with van der Waals surface area (Å²) in [7, 11) is 4.68. The molecule has 1 aliphatic heterocycles. The lowest BCUT2D eigenvalue weighted by atomic mass is 10.1. The Balaban J connectivity index is 2.14. The molecule has 0 radical (unpaired) electrons. The van der Waals surface area contributed by atoms with Gasteiger partial charge in [-0.1, -0.05) is 0 Å². The maximum atomic E-state index is 12.3. The molecule has 0 bridgehead atoms. The smallest absolute Gasteiger partial charge is 0.240 e. The monoisotopic (exact) mass is 324 g/mol. The molecule has 2 N–H and O–H groups in total. The molecule has 1 aromatic carbocycles. The number of morpholine rings is 1. The van der Waals surface area contributed by atoms with Gasteiger partial charge in [0.25, 0.3) is 0 Å². The number of methoxy groups -OCH3 is 3. The lowest BCUT2D eigenvalue weighted by molar-refractivity contribution is -0.126. The largest absolute Gasteiger partial charge is 0.493 e. The number of benzene rings is 1. The van der Waals surface area contributed by atoms with E-state index in [1.54, 1.807) is 21.3 Å². The Morgan fingerprint density at radius 3 is 2.39 bits per heavy atom. The number of nitrogens with one attached hydrogen (secondary N) is 2. The highest BCUT2D eigenvalue weighted by atomic mass is 16.5. The van der Waals surface area contributed by atoms with Gasteiger partial charge in [-0.05, 0) is 24.6 Å². The molecule has 7 nitrogen and oxygen atoms in total. The minimum absolute atomic E-state index is 0.0917. The van der Waals surface area contributed by atoms with E-state index in [1.807, 2.05) is 19.1 Å². The van der Waals surface area contributed by atoms with Crippen molar-refractivity contribution in [1.82, 2.24) is 10.6 Å². The highest BCUT2D eigenvalue weighted by molar-refractivity contribution is 5.82. The van der Waals surface area contributed by atoms with Crippen molar-refractivity contribution in [2.75, 3.05) is 41.1 Å². The number of ether oxygens (including phenoxy) is 4. The van der Waals surface area contributed by atoms with E-state index in [1.165, 1.54) is 0 Å². The lowest BCUT2D eigenvalue weighted by Gasteiger charge is -2.25. The van der Waals surface area contributed by atoms with Crippen LogP contribution in [0.3, 0.4) is 0 Å². The number of rotatable bonds is 6. The van der Waals surface area contributed by atoms with Crippen LogP contribution in [0.1, 0.15) is 18.5 Å². The lowest BCUT2D eigenvalue weighted by Crippen LogP contribution is -2.51. The highest BCUT2D eigenvalue weighted by Crippen LogP contribution is 2.39. The summed E-state index contributed by atoms with van der Waals surface area (Å²) in [5.74, 6) is 1.55. The van der Waals surface area contributed by atoms with Crippen LogP contribution >= 0.6 is 0 Å². The number of amides is 1. The molecule has 2 unspecified atom stereocenters. The van der Waals surface area contributed by atoms with Crippen molar-refractivity contribution in [3.63, 3.8) is 0 Å². The van der Waals surface area contributed by atoms with E-state index >= 15 is 0 Å². The maximum Gasteiger partial charge on any atom is 0.240 e. The Labute approximate surface area is 136 Å². The fourth-order valence-corrected chi connectivity index (χ4v) is 2.48. The molecule has 2 rings (SSSR count). The second-order valence-electron chi connectivity index (χ2n) is 5.27. The van der Waals surface area contributed by atoms with Crippen molar-refractivity contribution >= 4 is 5.91 Å². The van der Waals surface area contributed by atoms with Crippen LogP contribution in [-0.2, 0) is 9.53 Å². The molecule has 1 saturated heterocycles. The Hall–Kier alpha value is -1.99. The van der Waals surface area contributed by atoms with E-state index in [2.05, 4.69) is 10.6 Å². The topological polar surface area (TPSA) is 78.1 Å². The van der Waals surface area contributed by atoms with E-state index < -0.39 is 0 Å². The first-order valence-corrected chi connectivity index (χ1v) is 7.52. The van der Waals surface area contributed by atoms with Crippen LogP contribution in [0.15, 0.2) is 12.1 Å². The zero-order chi connectivity index (χ0) is 16.8. The van der Waals surface area contributed by atoms with Gasteiger partial charge in [-0.15, -0.1) is 0 Å². The Morgan fingerprint density at radius 2 is 1.91 bits per heavy atom. The van der Waals surface area contributed by atoms with Gasteiger partial charge in [0.15, 0.2) is 11.5 Å². The SMILES string of the molecule is COc1cc(C(C)NC(=O)C2COCCN2)cc(OC)c1OC. The van der Waals surface area contributed by atoms with Crippen LogP contribution in [0.5, 0.6) is 17.2 Å². The third-order valence-corrected chi connectivity index (χ3v) is 3.78. The van der Waals surface area contributed by atoms with Crippen LogP contribution < -0.4 is 24.8 Å². The maximum absolute atomic E-state index is 12.3. The van der Waals surface area contributed by atoms with Crippen LogP contribution in [0, 0.1) is 0 Å². The first kappa shape index (κ1) is 17.4. The van der Waals surface area contributed by atoms with Crippen LogP contribution in [0.25, 0.3) is 0 Å². The molecule has 1 heterocycles. The number of hydrogen-bond donors (Lipinski definition) is 2. The molecular weight excluding hydrogens is 300 g/mol. The molecule has 1 fully saturated rings. The van der Waals surface area contributed by atoms with E-state index in [0.29, 0.717) is 37.0 Å². The number of carbonyl (C=O) groups is 1. The van der Waals surface area contributed by atoms with Crippen molar-refractivity contribution in [1.29, 1.82) is 0 Å². The van der Waals surface area contributed by atoms with Gasteiger partial charge in [-0.25, -0.2) is 0 Å². The normalized spacial score (nSPS) is 18.9. The minimum atomic E-state index is -0.326. The Morgan fingerprint density at radius 1 is 1.26 bits per heavy atom. The molecule has 1 aliphatic rings. The van der Waals surface area contributed by atoms with Crippen molar-refractivity contribution in [3.05, 3.63) is 17.7 Å². The molecule has 7 heteroatoms. The van der Waals surface area contributed by atoms with Gasteiger partial charge in [0.2, 0.25) is 11.7 Å². The number of carbonyl (C=O) groups excluding carboxylic acids is 1. The van der Waals surface area contributed by atoms with Gasteiger partial charge >= 0.3 is 0 Å². The first-order valence-electron chi connectivity index (χ1n) is 7.52. The number of hydrogen-bond acceptors (Lipinski definition) is 6. The summed E-state index contributed by atoms with van der Waals surface area (Å²) in [5.41, 5.74) is 0.865. The van der Waals surface area contributed by atoms with Crippen molar-refractivity contribution in [2.24, 2.45) is 0 Å². The van der Waals surface area contributed by atoms with Crippen molar-refractivity contribution < 1.29 is 23.7 Å². The van der Waals surface area contributed by atoms with E-state index in [-0.39, 0.29) is 18.0 Å². The first-order chi connectivity index (χ1) is 11.1. The second-order valence-corrected chi connectivity index (χ2v) is 5.27. The molecule has 1 amide bonds. The Kier molecular flexibility index (Phi) is 6.06. The van der Waals surface area contributed by atoms with Gasteiger partial charge in [0.1, 0.15) is 6.04 Å². The van der Waals surface area contributed by atoms with Crippen LogP contribution in [0.4, 0.5) is 0 Å². The predicted molar refractivity (Wildman–Crippen MR) is 85.3 cm³/mol. The Bertz CT molecular complexity index is 518. The zero-order valence-electron chi connectivity index (χ0n) is 14.0. The third kappa shape index (κ3) is 4.05. The summed E-state index contributed by atoms with van der Waals surface area (Å²) in [6.07, 6.45) is 0. The van der Waals surface area contributed by atoms with E-state index in [0.717, 1.165) is 5.56 Å². The summed E-state index contributed by atoms with van der Waals surface area (Å²) in [6.45, 7) is 3.60. The summed E-state index contributed by atoms with van der Waals surface area (Å²) >= 11 is 0. The quantitative estimate of drug-likeness (QED) is 0.809. The molecule has 2 atom stereocenters. The highest BCUT2D eigenvalue weighted by Gasteiger charge is 2.24. The molecule has 1 aromatic rings. The molecule has 0 saturated carbocycles. The fraction of sp³-hybridized carbons (Fsp3) is 0.562. The molecule has 23 heavy (non-hydrogen) atoms. The second kappa shape index (κ2) is 8.03. The van der Waals surface area contributed by atoms with E-state index in [4.69, 9.17) is 18.9 Å². The molecule has 0 aliphatic carbocycles. The zero-order valence-corrected chi connectivity index (χ0v) is 14.0. The average molecular weight is 324 g/mol. The van der Waals surface area contributed by atoms with Crippen molar-refractivity contribution in [2.45, 2.75) is 19.0 Å². The minimum Gasteiger partial charge on any atom is -0.493 e. The van der Waals surface area contributed by atoms with Crippen LogP contribution in [-0.4, -0.2) is 53.0 Å². The summed E-state index contributed by atoms with van der Waals surface area (Å²) in [4.78, 5) is 12.3. The average Bonchev–Trinajstić information content (AvgIpc) is 2.60. The molecule has 0 aromatic heterocycles. The third-order valence-electron chi connectivity index (χ3n) is 3.78. The predicted octanol–water partition coefficient (Wildman–Crippen LogP) is 0.878. The molecule has 0 spiro atoms. The summed E-state index contributed by atoms with van der Waals surface area (Å²) < 4.78 is 21.3. The van der Waals surface area contributed by atoms with Gasteiger partial charge in [0.05, 0.1) is 40.6 Å². The van der Waals surface area contributed by atoms with Crippen LogP contribution in [0.2, 0.25) is 0 Å². The molecular formula is C16H24N2O5. The molecule has 128 valence electrons. The summed E-state index contributed by atoms with van der Waals surface area (Å²) in [5, 5.41) is 6.11. The van der Waals surface area contributed by atoms with Gasteiger partial charge in [-0.2, -0.15) is 0 Å². The van der Waals surface area contributed by atoms with E-state index in [9.17, 15) is 4.79 Å².